The molecule has 0 radical (unpaired) electrons. The largest absolute Gasteiger partial charge is 0.372 e. The molecule has 1 aromatic carbocycles. The van der Waals surface area contributed by atoms with Gasteiger partial charge in [-0.3, -0.25) is 0 Å². The van der Waals surface area contributed by atoms with E-state index in [1.54, 1.807) is 22.3 Å². The quantitative estimate of drug-likeness (QED) is 0.614. The number of rotatable bonds is 4. The van der Waals surface area contributed by atoms with E-state index in [9.17, 15) is 0 Å². The molecule has 0 amide bonds. The van der Waals surface area contributed by atoms with Gasteiger partial charge in [0, 0.05) is 5.69 Å². The van der Waals surface area contributed by atoms with Gasteiger partial charge < -0.3 is 10.6 Å². The van der Waals surface area contributed by atoms with Gasteiger partial charge in [-0.25, -0.2) is 0 Å². The number of aryl methyl sites for hydroxylation is 2. The standard InChI is InChI=1S/C15H22N2/c1-2-16-10-17-15-13-7-3-5-11(13)9-12-6-4-8-14(12)15/h9,16-17H,2-8,10H2,1H3. The average molecular weight is 230 g/mol. The van der Waals surface area contributed by atoms with Crippen molar-refractivity contribution in [3.63, 3.8) is 0 Å². The smallest absolute Gasteiger partial charge is 0.0653 e. The molecule has 3 rings (SSSR count). The van der Waals surface area contributed by atoms with Crippen LogP contribution < -0.4 is 10.6 Å². The summed E-state index contributed by atoms with van der Waals surface area (Å²) >= 11 is 0. The number of benzene rings is 1. The maximum Gasteiger partial charge on any atom is 0.0653 e. The zero-order valence-electron chi connectivity index (χ0n) is 10.7. The topological polar surface area (TPSA) is 24.1 Å². The van der Waals surface area contributed by atoms with E-state index < -0.39 is 0 Å². The summed E-state index contributed by atoms with van der Waals surface area (Å²) in [6.45, 7) is 4.09. The lowest BCUT2D eigenvalue weighted by Crippen LogP contribution is -2.22. The highest BCUT2D eigenvalue weighted by Crippen LogP contribution is 2.38. The molecule has 2 aliphatic rings. The fourth-order valence-electron chi connectivity index (χ4n) is 3.31. The summed E-state index contributed by atoms with van der Waals surface area (Å²) in [6.07, 6.45) is 7.81. The molecule has 0 saturated carbocycles. The predicted molar refractivity (Wildman–Crippen MR) is 72.7 cm³/mol. The Morgan fingerprint density at radius 3 is 2.24 bits per heavy atom. The van der Waals surface area contributed by atoms with Gasteiger partial charge in [0.05, 0.1) is 6.67 Å². The number of fused-ring (bicyclic) bond motifs is 2. The molecule has 2 nitrogen and oxygen atoms in total. The van der Waals surface area contributed by atoms with Gasteiger partial charge in [0.2, 0.25) is 0 Å². The van der Waals surface area contributed by atoms with Crippen molar-refractivity contribution in [3.8, 4) is 0 Å². The lowest BCUT2D eigenvalue weighted by molar-refractivity contribution is 0.768. The Morgan fingerprint density at radius 1 is 1.00 bits per heavy atom. The minimum absolute atomic E-state index is 0.902. The Kier molecular flexibility index (Phi) is 3.06. The van der Waals surface area contributed by atoms with Crippen molar-refractivity contribution in [1.82, 2.24) is 5.32 Å². The van der Waals surface area contributed by atoms with Gasteiger partial charge in [0.15, 0.2) is 0 Å². The fraction of sp³-hybridized carbons (Fsp3) is 0.600. The summed E-state index contributed by atoms with van der Waals surface area (Å²) in [7, 11) is 0. The summed E-state index contributed by atoms with van der Waals surface area (Å²) in [6, 6.07) is 2.49. The lowest BCUT2D eigenvalue weighted by atomic mass is 9.99. The van der Waals surface area contributed by atoms with E-state index in [1.165, 1.54) is 44.2 Å². The van der Waals surface area contributed by atoms with E-state index in [0.717, 1.165) is 13.2 Å². The summed E-state index contributed by atoms with van der Waals surface area (Å²) in [5, 5.41) is 7.00. The van der Waals surface area contributed by atoms with Crippen molar-refractivity contribution < 1.29 is 0 Å². The van der Waals surface area contributed by atoms with Crippen LogP contribution in [0.1, 0.15) is 42.0 Å². The first-order valence-electron chi connectivity index (χ1n) is 7.01. The molecule has 0 unspecified atom stereocenters. The average Bonchev–Trinajstić information content (AvgIpc) is 2.95. The van der Waals surface area contributed by atoms with Crippen molar-refractivity contribution >= 4 is 5.69 Å². The molecule has 2 aliphatic carbocycles. The SMILES string of the molecule is CCNCNc1c2c(cc3c1CCC3)CCC2. The van der Waals surface area contributed by atoms with Crippen LogP contribution in [0.3, 0.4) is 0 Å². The van der Waals surface area contributed by atoms with Crippen LogP contribution in [0, 0.1) is 0 Å². The third-order valence-electron chi connectivity index (χ3n) is 4.11. The van der Waals surface area contributed by atoms with Crippen molar-refractivity contribution in [2.75, 3.05) is 18.5 Å². The molecule has 2 heteroatoms. The van der Waals surface area contributed by atoms with Crippen LogP contribution >= 0.6 is 0 Å². The van der Waals surface area contributed by atoms with E-state index in [2.05, 4.69) is 23.6 Å². The Balaban J connectivity index is 1.94. The second kappa shape index (κ2) is 4.69. The van der Waals surface area contributed by atoms with Gasteiger partial charge in [0.25, 0.3) is 0 Å². The second-order valence-electron chi connectivity index (χ2n) is 5.19. The van der Waals surface area contributed by atoms with E-state index >= 15 is 0 Å². The van der Waals surface area contributed by atoms with Gasteiger partial charge in [-0.1, -0.05) is 13.0 Å². The Morgan fingerprint density at radius 2 is 1.65 bits per heavy atom. The first-order chi connectivity index (χ1) is 8.40. The molecule has 0 aliphatic heterocycles. The molecular formula is C15H22N2. The molecule has 0 saturated heterocycles. The monoisotopic (exact) mass is 230 g/mol. The normalized spacial score (nSPS) is 17.0. The summed E-state index contributed by atoms with van der Waals surface area (Å²) in [5.41, 5.74) is 7.94. The van der Waals surface area contributed by atoms with Crippen molar-refractivity contribution in [2.24, 2.45) is 0 Å². The summed E-state index contributed by atoms with van der Waals surface area (Å²) < 4.78 is 0. The molecule has 17 heavy (non-hydrogen) atoms. The van der Waals surface area contributed by atoms with Crippen molar-refractivity contribution in [1.29, 1.82) is 0 Å². The van der Waals surface area contributed by atoms with Gasteiger partial charge >= 0.3 is 0 Å². The predicted octanol–water partition coefficient (Wildman–Crippen LogP) is 2.64. The third kappa shape index (κ3) is 1.95. The third-order valence-corrected chi connectivity index (χ3v) is 4.11. The second-order valence-corrected chi connectivity index (χ2v) is 5.19. The highest BCUT2D eigenvalue weighted by Gasteiger charge is 2.23. The zero-order valence-corrected chi connectivity index (χ0v) is 10.7. The molecule has 1 aromatic rings. The van der Waals surface area contributed by atoms with Crippen molar-refractivity contribution in [3.05, 3.63) is 28.3 Å². The minimum Gasteiger partial charge on any atom is -0.372 e. The lowest BCUT2D eigenvalue weighted by Gasteiger charge is -2.17. The number of nitrogens with one attached hydrogen (secondary N) is 2. The Bertz CT molecular complexity index is 391. The highest BCUT2D eigenvalue weighted by atomic mass is 15.1. The number of hydrogen-bond donors (Lipinski definition) is 2. The van der Waals surface area contributed by atoms with Crippen LogP contribution in [0.5, 0.6) is 0 Å². The fourth-order valence-corrected chi connectivity index (χ4v) is 3.31. The van der Waals surface area contributed by atoms with Gasteiger partial charge in [-0.2, -0.15) is 0 Å². The van der Waals surface area contributed by atoms with Crippen LogP contribution in [0.4, 0.5) is 5.69 Å². The van der Waals surface area contributed by atoms with Gasteiger partial charge in [-0.15, -0.1) is 0 Å². The van der Waals surface area contributed by atoms with Crippen molar-refractivity contribution in [2.45, 2.75) is 45.4 Å². The Hall–Kier alpha value is -1.02. The van der Waals surface area contributed by atoms with Crippen LogP contribution in [-0.2, 0) is 25.7 Å². The van der Waals surface area contributed by atoms with E-state index in [1.807, 2.05) is 0 Å². The molecule has 0 atom stereocenters. The molecular weight excluding hydrogens is 208 g/mol. The Labute approximate surface area is 104 Å². The first kappa shape index (κ1) is 11.1. The maximum absolute atomic E-state index is 3.64. The number of hydrogen-bond acceptors (Lipinski definition) is 2. The van der Waals surface area contributed by atoms with E-state index in [0.29, 0.717) is 0 Å². The molecule has 0 spiro atoms. The van der Waals surface area contributed by atoms with Crippen LogP contribution in [0.2, 0.25) is 0 Å². The molecule has 0 fully saturated rings. The van der Waals surface area contributed by atoms with E-state index in [4.69, 9.17) is 0 Å². The maximum atomic E-state index is 3.64. The highest BCUT2D eigenvalue weighted by molar-refractivity contribution is 5.65. The first-order valence-corrected chi connectivity index (χ1v) is 7.01. The summed E-state index contributed by atoms with van der Waals surface area (Å²) in [5.74, 6) is 0. The van der Waals surface area contributed by atoms with Crippen LogP contribution in [-0.4, -0.2) is 13.2 Å². The number of anilines is 1. The van der Waals surface area contributed by atoms with E-state index in [-0.39, 0.29) is 0 Å². The molecule has 92 valence electrons. The van der Waals surface area contributed by atoms with Gasteiger partial charge in [0.1, 0.15) is 0 Å². The molecule has 0 heterocycles. The summed E-state index contributed by atoms with van der Waals surface area (Å²) in [4.78, 5) is 0. The molecule has 0 bridgehead atoms. The zero-order chi connectivity index (χ0) is 11.7. The van der Waals surface area contributed by atoms with Gasteiger partial charge in [-0.05, 0) is 67.3 Å². The minimum atomic E-state index is 0.902. The van der Waals surface area contributed by atoms with Crippen LogP contribution in [0.25, 0.3) is 0 Å². The molecule has 2 N–H and O–H groups in total. The van der Waals surface area contributed by atoms with Crippen LogP contribution in [0.15, 0.2) is 6.07 Å². The molecule has 0 aromatic heterocycles.